The average molecular weight is 484 g/mol. The molecule has 1 saturated heterocycles. The van der Waals surface area contributed by atoms with Gasteiger partial charge in [0.15, 0.2) is 5.15 Å². The second kappa shape index (κ2) is 8.27. The first-order chi connectivity index (χ1) is 13.5. The third-order valence-corrected chi connectivity index (χ3v) is 5.90. The quantitative estimate of drug-likeness (QED) is 0.506. The first kappa shape index (κ1) is 19.5. The first-order valence-corrected chi connectivity index (χ1v) is 10.4. The topological polar surface area (TPSA) is 59.7 Å². The number of imidazole rings is 1. The number of carbonyl (C=O) groups is 1. The van der Waals surface area contributed by atoms with Gasteiger partial charge in [-0.15, -0.1) is 0 Å². The zero-order valence-electron chi connectivity index (χ0n) is 14.8. The van der Waals surface area contributed by atoms with E-state index in [1.807, 2.05) is 30.3 Å². The molecule has 4 rings (SSSR count). The monoisotopic (exact) mass is 482 g/mol. The Morgan fingerprint density at radius 1 is 1.29 bits per heavy atom. The van der Waals surface area contributed by atoms with E-state index in [9.17, 15) is 4.79 Å². The second-order valence-corrected chi connectivity index (χ2v) is 8.14. The largest absolute Gasteiger partial charge is 0.445 e. The van der Waals surface area contributed by atoms with Crippen molar-refractivity contribution in [3.8, 4) is 0 Å². The minimum Gasteiger partial charge on any atom is -0.445 e. The number of rotatable bonds is 3. The van der Waals surface area contributed by atoms with Gasteiger partial charge >= 0.3 is 6.09 Å². The summed E-state index contributed by atoms with van der Waals surface area (Å²) in [5.41, 5.74) is 1.59. The van der Waals surface area contributed by atoms with Crippen molar-refractivity contribution in [2.24, 2.45) is 0 Å². The highest BCUT2D eigenvalue weighted by atomic mass is 79.9. The molecule has 146 valence electrons. The number of likely N-dealkylation sites (tertiary alicyclic amines) is 1. The molecule has 0 aliphatic carbocycles. The van der Waals surface area contributed by atoms with Crippen molar-refractivity contribution >= 4 is 50.7 Å². The Hall–Kier alpha value is -1.83. The maximum Gasteiger partial charge on any atom is 0.410 e. The van der Waals surface area contributed by atoms with E-state index >= 15 is 0 Å². The van der Waals surface area contributed by atoms with Crippen LogP contribution in [0.3, 0.4) is 0 Å². The molecule has 1 fully saturated rings. The van der Waals surface area contributed by atoms with Crippen molar-refractivity contribution < 1.29 is 9.53 Å². The van der Waals surface area contributed by atoms with Crippen LogP contribution in [0.4, 0.5) is 4.79 Å². The predicted octanol–water partition coefficient (Wildman–Crippen LogP) is 5.31. The van der Waals surface area contributed by atoms with Crippen molar-refractivity contribution in [3.05, 3.63) is 62.8 Å². The van der Waals surface area contributed by atoms with E-state index in [2.05, 4.69) is 25.9 Å². The van der Waals surface area contributed by atoms with Crippen LogP contribution in [-0.4, -0.2) is 38.5 Å². The number of hydrogen-bond donors (Lipinski definition) is 0. The molecule has 1 aliphatic heterocycles. The summed E-state index contributed by atoms with van der Waals surface area (Å²) in [6, 6.07) is 9.64. The Bertz CT molecular complexity index is 1010. The number of fused-ring (bicyclic) bond motifs is 1. The molecule has 1 aromatic carbocycles. The smallest absolute Gasteiger partial charge is 0.410 e. The van der Waals surface area contributed by atoms with E-state index in [-0.39, 0.29) is 18.6 Å². The summed E-state index contributed by atoms with van der Waals surface area (Å²) < 4.78 is 7.87. The summed E-state index contributed by atoms with van der Waals surface area (Å²) in [6.07, 6.45) is 2.93. The number of halogens is 3. The third-order valence-electron chi connectivity index (χ3n) is 4.80. The van der Waals surface area contributed by atoms with Gasteiger partial charge in [0.05, 0.1) is 6.20 Å². The van der Waals surface area contributed by atoms with Gasteiger partial charge in [0.2, 0.25) is 0 Å². The van der Waals surface area contributed by atoms with Crippen molar-refractivity contribution in [1.82, 2.24) is 19.3 Å². The van der Waals surface area contributed by atoms with Crippen LogP contribution in [0.2, 0.25) is 10.3 Å². The van der Waals surface area contributed by atoms with Gasteiger partial charge in [0, 0.05) is 19.0 Å². The van der Waals surface area contributed by atoms with Crippen LogP contribution < -0.4 is 0 Å². The van der Waals surface area contributed by atoms with Crippen LogP contribution in [0.25, 0.3) is 5.52 Å². The molecule has 6 nitrogen and oxygen atoms in total. The molecule has 1 amide bonds. The first-order valence-electron chi connectivity index (χ1n) is 8.88. The molecule has 0 bridgehead atoms. The lowest BCUT2D eigenvalue weighted by Gasteiger charge is -2.31. The molecule has 0 radical (unpaired) electrons. The molecule has 9 heteroatoms. The Morgan fingerprint density at radius 3 is 2.86 bits per heavy atom. The van der Waals surface area contributed by atoms with E-state index in [0.717, 1.165) is 24.2 Å². The van der Waals surface area contributed by atoms with E-state index in [0.29, 0.717) is 33.5 Å². The zero-order chi connectivity index (χ0) is 19.7. The summed E-state index contributed by atoms with van der Waals surface area (Å²) in [6.45, 7) is 1.42. The summed E-state index contributed by atoms with van der Waals surface area (Å²) in [7, 11) is 0. The van der Waals surface area contributed by atoms with Crippen molar-refractivity contribution in [2.75, 3.05) is 13.1 Å². The molecule has 3 heterocycles. The third kappa shape index (κ3) is 3.83. The fraction of sp³-hybridized carbons (Fsp3) is 0.316. The molecule has 2 aromatic heterocycles. The Balaban J connectivity index is 1.52. The highest BCUT2D eigenvalue weighted by Gasteiger charge is 2.30. The molecule has 0 saturated carbocycles. The lowest BCUT2D eigenvalue weighted by Crippen LogP contribution is -2.39. The number of benzene rings is 1. The Morgan fingerprint density at radius 2 is 2.07 bits per heavy atom. The molecule has 0 N–H and O–H groups in total. The lowest BCUT2D eigenvalue weighted by atomic mass is 9.97. The fourth-order valence-corrected chi connectivity index (χ4v) is 4.57. The maximum atomic E-state index is 12.5. The second-order valence-electron chi connectivity index (χ2n) is 6.64. The van der Waals surface area contributed by atoms with Gasteiger partial charge in [0.1, 0.15) is 27.7 Å². The van der Waals surface area contributed by atoms with Crippen LogP contribution in [0.5, 0.6) is 0 Å². The van der Waals surface area contributed by atoms with Crippen LogP contribution in [0.1, 0.15) is 30.1 Å². The molecule has 0 unspecified atom stereocenters. The molecular weight excluding hydrogens is 467 g/mol. The molecule has 28 heavy (non-hydrogen) atoms. The highest BCUT2D eigenvalue weighted by Crippen LogP contribution is 2.34. The van der Waals surface area contributed by atoms with Crippen molar-refractivity contribution in [2.45, 2.75) is 25.4 Å². The molecule has 1 aliphatic rings. The number of carbonyl (C=O) groups excluding carboxylic acids is 1. The lowest BCUT2D eigenvalue weighted by molar-refractivity contribution is 0.0853. The van der Waals surface area contributed by atoms with Crippen molar-refractivity contribution in [1.29, 1.82) is 0 Å². The highest BCUT2D eigenvalue weighted by molar-refractivity contribution is 9.10. The van der Waals surface area contributed by atoms with Gasteiger partial charge in [-0.25, -0.2) is 14.8 Å². The van der Waals surface area contributed by atoms with Gasteiger partial charge < -0.3 is 9.64 Å². The number of nitrogens with zero attached hydrogens (tertiary/aromatic N) is 4. The Kier molecular flexibility index (Phi) is 5.75. The SMILES string of the molecule is O=C(OCc1ccccc1)N1CCC[C@@H](c2nc(Br)c3c(Cl)ncc(Cl)n23)C1. The molecule has 0 spiro atoms. The number of aromatic nitrogens is 3. The molecular formula is C19H17BrCl2N4O2. The molecule has 3 aromatic rings. The van der Waals surface area contributed by atoms with E-state index < -0.39 is 0 Å². The van der Waals surface area contributed by atoms with Gasteiger partial charge in [-0.3, -0.25) is 4.40 Å². The summed E-state index contributed by atoms with van der Waals surface area (Å²) in [5, 5.41) is 0.751. The van der Waals surface area contributed by atoms with Gasteiger partial charge in [0.25, 0.3) is 0 Å². The van der Waals surface area contributed by atoms with Gasteiger partial charge in [-0.2, -0.15) is 0 Å². The number of piperidine rings is 1. The Labute approximate surface area is 180 Å². The average Bonchev–Trinajstić information content (AvgIpc) is 3.08. The van der Waals surface area contributed by atoms with Gasteiger partial charge in [-0.05, 0) is 34.3 Å². The predicted molar refractivity (Wildman–Crippen MR) is 111 cm³/mol. The maximum absolute atomic E-state index is 12.5. The zero-order valence-corrected chi connectivity index (χ0v) is 17.9. The standard InChI is InChI=1S/C19H17BrCl2N4O2/c20-16-15-17(22)23-9-14(21)26(15)18(24-16)13-7-4-8-25(10-13)19(27)28-11-12-5-2-1-3-6-12/h1-3,5-6,9,13H,4,7-8,10-11H2/t13-/m1/s1. The normalized spacial score (nSPS) is 17.1. The number of ether oxygens (including phenoxy) is 1. The van der Waals surface area contributed by atoms with Crippen LogP contribution in [0, 0.1) is 0 Å². The van der Waals surface area contributed by atoms with E-state index in [4.69, 9.17) is 27.9 Å². The number of hydrogen-bond acceptors (Lipinski definition) is 4. The van der Waals surface area contributed by atoms with E-state index in [1.165, 1.54) is 6.20 Å². The summed E-state index contributed by atoms with van der Waals surface area (Å²) in [5.74, 6) is 0.782. The van der Waals surface area contributed by atoms with E-state index in [1.54, 1.807) is 9.30 Å². The fourth-order valence-electron chi connectivity index (χ4n) is 3.47. The molecule has 1 atom stereocenters. The van der Waals surface area contributed by atoms with Gasteiger partial charge in [-0.1, -0.05) is 53.5 Å². The van der Waals surface area contributed by atoms with Crippen LogP contribution in [-0.2, 0) is 11.3 Å². The summed E-state index contributed by atoms with van der Waals surface area (Å²) >= 11 is 16.0. The van der Waals surface area contributed by atoms with Crippen molar-refractivity contribution in [3.63, 3.8) is 0 Å². The minimum atomic E-state index is -0.320. The minimum absolute atomic E-state index is 0.0211. The van der Waals surface area contributed by atoms with Crippen LogP contribution >= 0.6 is 39.1 Å². The summed E-state index contributed by atoms with van der Waals surface area (Å²) in [4.78, 5) is 23.0. The van der Waals surface area contributed by atoms with Crippen LogP contribution in [0.15, 0.2) is 41.1 Å². The number of amides is 1.